The topological polar surface area (TPSA) is 83.8 Å². The summed E-state index contributed by atoms with van der Waals surface area (Å²) >= 11 is 0. The van der Waals surface area contributed by atoms with Gasteiger partial charge in [-0.2, -0.15) is 0 Å². The highest BCUT2D eigenvalue weighted by atomic mass is 16.5. The van der Waals surface area contributed by atoms with Gasteiger partial charge in [0.1, 0.15) is 5.75 Å². The van der Waals surface area contributed by atoms with Crippen molar-refractivity contribution in [2.75, 3.05) is 13.2 Å². The normalized spacial score (nSPS) is 10.7. The van der Waals surface area contributed by atoms with Crippen LogP contribution in [-0.4, -0.2) is 23.1 Å². The van der Waals surface area contributed by atoms with Gasteiger partial charge in [-0.05, 0) is 66.3 Å². The predicted molar refractivity (Wildman–Crippen MR) is 116 cm³/mol. The first kappa shape index (κ1) is 20.1. The molecule has 2 heterocycles. The highest BCUT2D eigenvalue weighted by Crippen LogP contribution is 2.17. The van der Waals surface area contributed by atoms with Crippen molar-refractivity contribution < 1.29 is 4.74 Å². The number of hydrogen-bond acceptors (Lipinski definition) is 4. The monoisotopic (exact) mass is 385 g/mol. The first-order chi connectivity index (χ1) is 14.2. The van der Waals surface area contributed by atoms with Gasteiger partial charge in [-0.25, -0.2) is 0 Å². The predicted octanol–water partition coefficient (Wildman–Crippen LogP) is 6.09. The Morgan fingerprint density at radius 2 is 1.59 bits per heavy atom. The number of aromatic nitrogens is 2. The number of pyridine rings is 2. The van der Waals surface area contributed by atoms with Crippen LogP contribution in [0.15, 0.2) is 66.0 Å². The molecular weight excluding hydrogens is 362 g/mol. The quantitative estimate of drug-likeness (QED) is 0.193. The summed E-state index contributed by atoms with van der Waals surface area (Å²) in [6, 6.07) is 16.0. The molecule has 0 saturated carbocycles. The summed E-state index contributed by atoms with van der Waals surface area (Å²) in [6.07, 6.45) is 9.47. The van der Waals surface area contributed by atoms with Gasteiger partial charge < -0.3 is 4.74 Å². The Hall–Kier alpha value is -3.63. The van der Waals surface area contributed by atoms with Crippen LogP contribution < -0.4 is 4.74 Å². The fourth-order valence-corrected chi connectivity index (χ4v) is 2.66. The second-order valence-corrected chi connectivity index (χ2v) is 6.61. The maximum Gasteiger partial charge on any atom is 0.119 e. The Morgan fingerprint density at radius 1 is 0.897 bits per heavy atom. The minimum atomic E-state index is 0.515. The summed E-state index contributed by atoms with van der Waals surface area (Å²) in [5, 5.41) is 3.51. The lowest BCUT2D eigenvalue weighted by Crippen LogP contribution is -1.97. The number of rotatable bonds is 9. The Kier molecular flexibility index (Phi) is 7.38. The maximum absolute atomic E-state index is 8.23. The highest BCUT2D eigenvalue weighted by Gasteiger charge is 2.00. The van der Waals surface area contributed by atoms with E-state index in [-0.39, 0.29) is 0 Å². The molecule has 0 radical (unpaired) electrons. The molecule has 146 valence electrons. The third-order valence-electron chi connectivity index (χ3n) is 4.29. The van der Waals surface area contributed by atoms with Gasteiger partial charge in [0.15, 0.2) is 0 Å². The molecule has 0 atom stereocenters. The Labute approximate surface area is 170 Å². The van der Waals surface area contributed by atoms with E-state index in [0.29, 0.717) is 13.2 Å². The van der Waals surface area contributed by atoms with Gasteiger partial charge in [0, 0.05) is 23.9 Å². The van der Waals surface area contributed by atoms with Crippen LogP contribution in [0.1, 0.15) is 29.5 Å². The highest BCUT2D eigenvalue weighted by molar-refractivity contribution is 5.70. The van der Waals surface area contributed by atoms with Crippen LogP contribution in [0, 0.1) is 6.92 Å². The van der Waals surface area contributed by atoms with E-state index in [1.807, 2.05) is 80.0 Å². The van der Waals surface area contributed by atoms with E-state index in [0.717, 1.165) is 46.7 Å². The minimum Gasteiger partial charge on any atom is -0.494 e. The van der Waals surface area contributed by atoms with E-state index in [4.69, 9.17) is 10.3 Å². The lowest BCUT2D eigenvalue weighted by molar-refractivity contribution is 0.308. The first-order valence-electron chi connectivity index (χ1n) is 9.55. The molecule has 2 aromatic heterocycles. The summed E-state index contributed by atoms with van der Waals surface area (Å²) in [5.41, 5.74) is 13.2. The van der Waals surface area contributed by atoms with Gasteiger partial charge in [-0.1, -0.05) is 41.5 Å². The molecule has 6 heteroatoms. The zero-order valence-corrected chi connectivity index (χ0v) is 16.4. The van der Waals surface area contributed by atoms with Crippen molar-refractivity contribution in [3.05, 3.63) is 88.1 Å². The zero-order chi connectivity index (χ0) is 20.3. The van der Waals surface area contributed by atoms with Crippen LogP contribution in [-0.2, 0) is 0 Å². The van der Waals surface area contributed by atoms with E-state index in [2.05, 4.69) is 20.0 Å². The summed E-state index contributed by atoms with van der Waals surface area (Å²) in [7, 11) is 0. The lowest BCUT2D eigenvalue weighted by Gasteiger charge is -2.05. The third kappa shape index (κ3) is 6.48. The van der Waals surface area contributed by atoms with Gasteiger partial charge in [-0.3, -0.25) is 9.97 Å². The SMILES string of the molecule is Cc1ccc(-c2ccc(/C=C/c3ccc(OCCCCN=[N+]=[N-])cc3)cn2)nc1. The van der Waals surface area contributed by atoms with Crippen molar-refractivity contribution in [1.29, 1.82) is 0 Å². The summed E-state index contributed by atoms with van der Waals surface area (Å²) in [4.78, 5) is 11.6. The van der Waals surface area contributed by atoms with E-state index >= 15 is 0 Å². The molecule has 0 saturated heterocycles. The average Bonchev–Trinajstić information content (AvgIpc) is 2.76. The van der Waals surface area contributed by atoms with Crippen LogP contribution in [0.4, 0.5) is 0 Å². The lowest BCUT2D eigenvalue weighted by atomic mass is 10.1. The molecular formula is C23H23N5O. The van der Waals surface area contributed by atoms with Crippen LogP contribution >= 0.6 is 0 Å². The van der Waals surface area contributed by atoms with Crippen molar-refractivity contribution in [1.82, 2.24) is 9.97 Å². The molecule has 0 N–H and O–H groups in total. The van der Waals surface area contributed by atoms with Crippen molar-refractivity contribution in [2.45, 2.75) is 19.8 Å². The van der Waals surface area contributed by atoms with Crippen LogP contribution in [0.25, 0.3) is 34.0 Å². The molecule has 0 bridgehead atoms. The largest absolute Gasteiger partial charge is 0.494 e. The Bertz CT molecular complexity index is 973. The summed E-state index contributed by atoms with van der Waals surface area (Å²) in [5.74, 6) is 0.836. The number of aryl methyl sites for hydroxylation is 1. The van der Waals surface area contributed by atoms with Gasteiger partial charge in [0.2, 0.25) is 0 Å². The number of benzene rings is 1. The van der Waals surface area contributed by atoms with Crippen molar-refractivity contribution in [3.63, 3.8) is 0 Å². The maximum atomic E-state index is 8.23. The first-order valence-corrected chi connectivity index (χ1v) is 9.55. The standard InChI is InChI=1S/C23H23N5O/c1-18-4-12-22(25-16-18)23-13-9-20(17-26-23)6-5-19-7-10-21(11-8-19)29-15-3-2-14-27-28-24/h4-13,16-17H,2-3,14-15H2,1H3/b6-5+. The molecule has 0 aliphatic rings. The van der Waals surface area contributed by atoms with Crippen LogP contribution in [0.3, 0.4) is 0 Å². The number of azide groups is 1. The Balaban J connectivity index is 1.51. The van der Waals surface area contributed by atoms with E-state index in [1.165, 1.54) is 0 Å². The number of nitrogens with zero attached hydrogens (tertiary/aromatic N) is 5. The van der Waals surface area contributed by atoms with Crippen molar-refractivity contribution in [3.8, 4) is 17.1 Å². The summed E-state index contributed by atoms with van der Waals surface area (Å²) < 4.78 is 5.69. The molecule has 3 aromatic rings. The van der Waals surface area contributed by atoms with Crippen molar-refractivity contribution in [2.24, 2.45) is 5.11 Å². The molecule has 6 nitrogen and oxygen atoms in total. The number of ether oxygens (including phenoxy) is 1. The van der Waals surface area contributed by atoms with Crippen LogP contribution in [0.5, 0.6) is 5.75 Å². The molecule has 0 spiro atoms. The second-order valence-electron chi connectivity index (χ2n) is 6.61. The Morgan fingerprint density at radius 3 is 2.24 bits per heavy atom. The zero-order valence-electron chi connectivity index (χ0n) is 16.4. The molecule has 1 aromatic carbocycles. The fraction of sp³-hybridized carbons (Fsp3) is 0.217. The van der Waals surface area contributed by atoms with E-state index in [9.17, 15) is 0 Å². The minimum absolute atomic E-state index is 0.515. The molecule has 29 heavy (non-hydrogen) atoms. The molecule has 0 fully saturated rings. The van der Waals surface area contributed by atoms with Gasteiger partial charge in [0.05, 0.1) is 18.0 Å². The summed E-state index contributed by atoms with van der Waals surface area (Å²) in [6.45, 7) is 3.15. The van der Waals surface area contributed by atoms with Crippen molar-refractivity contribution >= 4 is 12.2 Å². The van der Waals surface area contributed by atoms with E-state index in [1.54, 1.807) is 0 Å². The molecule has 0 unspecified atom stereocenters. The van der Waals surface area contributed by atoms with E-state index < -0.39 is 0 Å². The molecule has 3 rings (SSSR count). The van der Waals surface area contributed by atoms with Crippen LogP contribution in [0.2, 0.25) is 0 Å². The molecule has 0 aliphatic carbocycles. The average molecular weight is 385 g/mol. The van der Waals surface area contributed by atoms with Gasteiger partial charge in [0.25, 0.3) is 0 Å². The second kappa shape index (κ2) is 10.6. The van der Waals surface area contributed by atoms with Gasteiger partial charge >= 0.3 is 0 Å². The fourth-order valence-electron chi connectivity index (χ4n) is 2.66. The van der Waals surface area contributed by atoms with Gasteiger partial charge in [-0.15, -0.1) is 0 Å². The number of unbranched alkanes of at least 4 members (excludes halogenated alkanes) is 1. The number of hydrogen-bond donors (Lipinski definition) is 0. The molecule has 0 amide bonds. The third-order valence-corrected chi connectivity index (χ3v) is 4.29. The molecule has 0 aliphatic heterocycles. The smallest absolute Gasteiger partial charge is 0.119 e.